The number of esters is 1. The lowest BCUT2D eigenvalue weighted by Gasteiger charge is -2.10. The number of carbonyl (C=O) groups is 1. The number of benzene rings is 2. The zero-order chi connectivity index (χ0) is 23.0. The molecule has 0 unspecified atom stereocenters. The molecule has 0 aliphatic heterocycles. The molecule has 0 spiro atoms. The zero-order valence-electron chi connectivity index (χ0n) is 18.0. The van der Waals surface area contributed by atoms with Gasteiger partial charge in [-0.3, -0.25) is 9.36 Å². The number of aromatic nitrogens is 7. The van der Waals surface area contributed by atoms with Crippen molar-refractivity contribution in [3.05, 3.63) is 66.2 Å². The van der Waals surface area contributed by atoms with E-state index in [9.17, 15) is 9.18 Å². The van der Waals surface area contributed by atoms with Gasteiger partial charge in [-0.25, -0.2) is 9.07 Å². The third-order valence-electron chi connectivity index (χ3n) is 4.76. The highest BCUT2D eigenvalue weighted by molar-refractivity contribution is 7.99. The molecule has 0 saturated carbocycles. The normalized spacial score (nSPS) is 11.0. The van der Waals surface area contributed by atoms with Crippen molar-refractivity contribution in [1.29, 1.82) is 0 Å². The monoisotopic (exact) mass is 467 g/mol. The summed E-state index contributed by atoms with van der Waals surface area (Å²) < 4.78 is 22.2. The Balaban J connectivity index is 1.46. The Labute approximate surface area is 194 Å². The highest BCUT2D eigenvalue weighted by Gasteiger charge is 2.18. The lowest BCUT2D eigenvalue weighted by Crippen LogP contribution is -2.12. The summed E-state index contributed by atoms with van der Waals surface area (Å²) in [6.07, 6.45) is 1.95. The molecule has 0 bridgehead atoms. The maximum atomic E-state index is 13.4. The molecule has 11 heteroatoms. The zero-order valence-corrected chi connectivity index (χ0v) is 18.8. The van der Waals surface area contributed by atoms with E-state index < -0.39 is 5.97 Å². The summed E-state index contributed by atoms with van der Waals surface area (Å²) in [5, 5.41) is 20.6. The molecule has 0 aliphatic carbocycles. The van der Waals surface area contributed by atoms with Gasteiger partial charge < -0.3 is 4.74 Å². The van der Waals surface area contributed by atoms with E-state index in [0.717, 1.165) is 18.5 Å². The van der Waals surface area contributed by atoms with Crippen molar-refractivity contribution in [3.63, 3.8) is 0 Å². The molecule has 0 N–H and O–H groups in total. The molecule has 0 amide bonds. The third-order valence-corrected chi connectivity index (χ3v) is 5.66. The maximum Gasteiger partial charge on any atom is 0.316 e. The number of thioether (sulfide) groups is 1. The summed E-state index contributed by atoms with van der Waals surface area (Å²) in [5.74, 6) is 0.337. The van der Waals surface area contributed by atoms with Gasteiger partial charge in [-0.05, 0) is 53.2 Å². The Bertz CT molecular complexity index is 1200. The maximum absolute atomic E-state index is 13.4. The number of hydrogen-bond acceptors (Lipinski definition) is 8. The van der Waals surface area contributed by atoms with Crippen molar-refractivity contribution in [3.8, 4) is 17.1 Å². The topological polar surface area (TPSA) is 101 Å². The third kappa shape index (κ3) is 5.61. The quantitative estimate of drug-likeness (QED) is 0.257. The van der Waals surface area contributed by atoms with E-state index in [4.69, 9.17) is 4.74 Å². The van der Waals surface area contributed by atoms with Crippen LogP contribution in [0.1, 0.15) is 25.6 Å². The van der Waals surface area contributed by atoms with Crippen LogP contribution in [0.25, 0.3) is 17.1 Å². The second kappa shape index (κ2) is 10.8. The molecule has 0 atom stereocenters. The summed E-state index contributed by atoms with van der Waals surface area (Å²) in [4.78, 5) is 12.4. The van der Waals surface area contributed by atoms with Gasteiger partial charge in [0.1, 0.15) is 5.82 Å². The molecule has 0 fully saturated rings. The predicted molar refractivity (Wildman–Crippen MR) is 120 cm³/mol. The van der Waals surface area contributed by atoms with Crippen LogP contribution < -0.4 is 0 Å². The molecule has 4 rings (SSSR count). The number of rotatable bonds is 10. The molecular weight excluding hydrogens is 445 g/mol. The van der Waals surface area contributed by atoms with Crippen LogP contribution in [0.5, 0.6) is 0 Å². The summed E-state index contributed by atoms with van der Waals surface area (Å²) in [7, 11) is 0. The van der Waals surface area contributed by atoms with Crippen LogP contribution in [0, 0.1) is 5.82 Å². The van der Waals surface area contributed by atoms with Crippen LogP contribution in [0.15, 0.2) is 59.8 Å². The van der Waals surface area contributed by atoms with E-state index in [1.54, 1.807) is 16.8 Å². The fraction of sp³-hybridized carbons (Fsp3) is 0.273. The van der Waals surface area contributed by atoms with Gasteiger partial charge in [0.05, 0.1) is 5.75 Å². The molecule has 0 radical (unpaired) electrons. The van der Waals surface area contributed by atoms with Gasteiger partial charge >= 0.3 is 5.97 Å². The van der Waals surface area contributed by atoms with Crippen LogP contribution in [0.2, 0.25) is 0 Å². The van der Waals surface area contributed by atoms with E-state index in [0.29, 0.717) is 28.9 Å². The van der Waals surface area contributed by atoms with Crippen molar-refractivity contribution < 1.29 is 13.9 Å². The number of carbonyl (C=O) groups excluding carboxylic acids is 1. The van der Waals surface area contributed by atoms with Crippen LogP contribution in [-0.2, 0) is 22.7 Å². The number of ether oxygens (including phenoxy) is 1. The first-order chi connectivity index (χ1) is 16.2. The predicted octanol–water partition coefficient (Wildman–Crippen LogP) is 3.70. The number of tetrazole rings is 1. The fourth-order valence-corrected chi connectivity index (χ4v) is 3.83. The number of nitrogens with zero attached hydrogens (tertiary/aromatic N) is 7. The molecule has 4 aromatic rings. The minimum absolute atomic E-state index is 0.00229. The van der Waals surface area contributed by atoms with Gasteiger partial charge in [-0.1, -0.05) is 43.3 Å². The SMILES string of the molecule is CCCCn1nnnc1COC(=O)CSc1nnc(-c2ccc(F)cc2)n1-c1ccccc1. The first-order valence-electron chi connectivity index (χ1n) is 10.5. The number of para-hydroxylation sites is 1. The van der Waals surface area contributed by atoms with Crippen LogP contribution in [0.4, 0.5) is 4.39 Å². The largest absolute Gasteiger partial charge is 0.457 e. The number of aryl methyl sites for hydroxylation is 1. The lowest BCUT2D eigenvalue weighted by atomic mass is 10.2. The average molecular weight is 468 g/mol. The van der Waals surface area contributed by atoms with Gasteiger partial charge in [0.15, 0.2) is 23.4 Å². The number of unbranched alkanes of at least 4 members (excludes halogenated alkanes) is 1. The van der Waals surface area contributed by atoms with Crippen molar-refractivity contribution in [2.45, 2.75) is 38.1 Å². The Hall–Kier alpha value is -3.60. The average Bonchev–Trinajstić information content (AvgIpc) is 3.48. The van der Waals surface area contributed by atoms with E-state index in [1.807, 2.05) is 34.9 Å². The summed E-state index contributed by atoms with van der Waals surface area (Å²) >= 11 is 1.21. The van der Waals surface area contributed by atoms with Crippen molar-refractivity contribution in [2.24, 2.45) is 0 Å². The second-order valence-corrected chi connectivity index (χ2v) is 8.05. The molecular formula is C22H22FN7O2S. The van der Waals surface area contributed by atoms with Gasteiger partial charge in [0.25, 0.3) is 0 Å². The highest BCUT2D eigenvalue weighted by Crippen LogP contribution is 2.28. The molecule has 0 aliphatic rings. The molecule has 9 nitrogen and oxygen atoms in total. The molecule has 2 aromatic heterocycles. The Kier molecular flexibility index (Phi) is 7.40. The van der Waals surface area contributed by atoms with E-state index in [2.05, 4.69) is 32.6 Å². The van der Waals surface area contributed by atoms with E-state index >= 15 is 0 Å². The first kappa shape index (κ1) is 22.6. The van der Waals surface area contributed by atoms with Gasteiger partial charge in [0.2, 0.25) is 0 Å². The standard InChI is InChI=1S/C22H22FN7O2S/c1-2-3-13-29-19(24-27-28-29)14-32-20(31)15-33-22-26-25-21(16-9-11-17(23)12-10-16)30(22)18-7-5-4-6-8-18/h4-12H,2-3,13-15H2,1H3. The minimum Gasteiger partial charge on any atom is -0.457 e. The highest BCUT2D eigenvalue weighted by atomic mass is 32.2. The number of hydrogen-bond donors (Lipinski definition) is 0. The molecule has 33 heavy (non-hydrogen) atoms. The van der Waals surface area contributed by atoms with Gasteiger partial charge in [-0.2, -0.15) is 0 Å². The minimum atomic E-state index is -0.420. The van der Waals surface area contributed by atoms with Crippen molar-refractivity contribution in [2.75, 3.05) is 5.75 Å². The lowest BCUT2D eigenvalue weighted by molar-refractivity contribution is -0.142. The van der Waals surface area contributed by atoms with Gasteiger partial charge in [0, 0.05) is 17.8 Å². The first-order valence-corrected chi connectivity index (χ1v) is 11.4. The van der Waals surface area contributed by atoms with E-state index in [-0.39, 0.29) is 18.2 Å². The smallest absolute Gasteiger partial charge is 0.316 e. The Morgan fingerprint density at radius 2 is 1.85 bits per heavy atom. The number of halogens is 1. The summed E-state index contributed by atoms with van der Waals surface area (Å²) in [5.41, 5.74) is 1.54. The summed E-state index contributed by atoms with van der Waals surface area (Å²) in [6.45, 7) is 2.76. The molecule has 2 aromatic carbocycles. The Morgan fingerprint density at radius 3 is 2.61 bits per heavy atom. The summed E-state index contributed by atoms with van der Waals surface area (Å²) in [6, 6.07) is 15.6. The van der Waals surface area contributed by atoms with Crippen LogP contribution in [0.3, 0.4) is 0 Å². The van der Waals surface area contributed by atoms with Crippen molar-refractivity contribution in [1.82, 2.24) is 35.0 Å². The van der Waals surface area contributed by atoms with Gasteiger partial charge in [-0.15, -0.1) is 15.3 Å². The molecule has 0 saturated heterocycles. The molecule has 170 valence electrons. The Morgan fingerprint density at radius 1 is 1.06 bits per heavy atom. The molecule has 2 heterocycles. The van der Waals surface area contributed by atoms with E-state index in [1.165, 1.54) is 23.9 Å². The fourth-order valence-electron chi connectivity index (χ4n) is 3.08. The second-order valence-electron chi connectivity index (χ2n) is 7.11. The van der Waals surface area contributed by atoms with Crippen LogP contribution in [-0.4, -0.2) is 46.7 Å². The van der Waals surface area contributed by atoms with Crippen molar-refractivity contribution >= 4 is 17.7 Å². The van der Waals surface area contributed by atoms with Crippen LogP contribution >= 0.6 is 11.8 Å².